The van der Waals surface area contributed by atoms with Gasteiger partial charge in [0.25, 0.3) is 0 Å². The number of hydrogen-bond acceptors (Lipinski definition) is 4. The van der Waals surface area contributed by atoms with Crippen LogP contribution in [0.15, 0.2) is 33.9 Å². The van der Waals surface area contributed by atoms with Crippen molar-refractivity contribution in [1.82, 2.24) is 14.8 Å². The molecule has 0 spiro atoms. The van der Waals surface area contributed by atoms with Gasteiger partial charge in [-0.2, -0.15) is 5.10 Å². The van der Waals surface area contributed by atoms with Crippen molar-refractivity contribution < 1.29 is 0 Å². The number of nitrogens with zero attached hydrogens (tertiary/aromatic N) is 3. The number of halogens is 1. The van der Waals surface area contributed by atoms with Crippen molar-refractivity contribution in [2.75, 3.05) is 5.73 Å². The average molecular weight is 341 g/mol. The maximum absolute atomic E-state index is 5.73. The number of anilines is 1. The van der Waals surface area contributed by atoms with E-state index in [1.165, 1.54) is 0 Å². The molecule has 0 saturated carbocycles. The molecule has 2 N–H and O–H groups in total. The number of hydrogen-bond donors (Lipinski definition) is 1. The number of rotatable bonds is 5. The summed E-state index contributed by atoms with van der Waals surface area (Å²) < 4.78 is 3.00. The zero-order valence-corrected chi connectivity index (χ0v) is 13.4. The molecule has 0 aliphatic carbocycles. The first-order chi connectivity index (χ1) is 9.06. The van der Waals surface area contributed by atoms with Crippen LogP contribution in [-0.2, 0) is 12.3 Å². The molecule has 0 aliphatic rings. The molecule has 0 radical (unpaired) electrons. The van der Waals surface area contributed by atoms with Crippen LogP contribution in [0.5, 0.6) is 0 Å². The van der Waals surface area contributed by atoms with Gasteiger partial charge in [0.05, 0.1) is 5.75 Å². The zero-order valence-electron chi connectivity index (χ0n) is 11.0. The van der Waals surface area contributed by atoms with Gasteiger partial charge in [-0.1, -0.05) is 13.8 Å². The highest BCUT2D eigenvalue weighted by Gasteiger charge is 2.08. The van der Waals surface area contributed by atoms with Crippen LogP contribution in [-0.4, -0.2) is 14.8 Å². The van der Waals surface area contributed by atoms with Crippen LogP contribution in [0.3, 0.4) is 0 Å². The smallest absolute Gasteiger partial charge is 0.138 e. The van der Waals surface area contributed by atoms with Crippen molar-refractivity contribution in [2.24, 2.45) is 5.92 Å². The molecule has 0 saturated heterocycles. The Morgan fingerprint density at radius 2 is 2.21 bits per heavy atom. The highest BCUT2D eigenvalue weighted by Crippen LogP contribution is 2.31. The molecule has 0 aliphatic heterocycles. The standard InChI is InChI=1S/C13H17BrN4S/c1-9(2)6-18-13(16-8-17-18)7-19-12-4-3-10(15)5-11(12)14/h3-5,8-9H,6-7,15H2,1-2H3. The molecule has 0 fully saturated rings. The lowest BCUT2D eigenvalue weighted by Gasteiger charge is -2.09. The van der Waals surface area contributed by atoms with Crippen molar-refractivity contribution in [1.29, 1.82) is 0 Å². The van der Waals surface area contributed by atoms with Gasteiger partial charge in [-0.3, -0.25) is 0 Å². The molecule has 0 amide bonds. The Bertz CT molecular complexity index is 553. The topological polar surface area (TPSA) is 56.7 Å². The summed E-state index contributed by atoms with van der Waals surface area (Å²) in [5, 5.41) is 4.27. The summed E-state index contributed by atoms with van der Waals surface area (Å²) in [5.74, 6) is 2.37. The van der Waals surface area contributed by atoms with E-state index in [0.717, 1.165) is 33.2 Å². The summed E-state index contributed by atoms with van der Waals surface area (Å²) in [6, 6.07) is 5.85. The van der Waals surface area contributed by atoms with Crippen molar-refractivity contribution in [2.45, 2.75) is 31.0 Å². The quantitative estimate of drug-likeness (QED) is 0.667. The lowest BCUT2D eigenvalue weighted by Crippen LogP contribution is -2.09. The third kappa shape index (κ3) is 3.98. The SMILES string of the molecule is CC(C)Cn1ncnc1CSc1ccc(N)cc1Br. The highest BCUT2D eigenvalue weighted by atomic mass is 79.9. The highest BCUT2D eigenvalue weighted by molar-refractivity contribution is 9.10. The van der Waals surface area contributed by atoms with E-state index in [9.17, 15) is 0 Å². The first-order valence-corrected chi connectivity index (χ1v) is 7.88. The first kappa shape index (κ1) is 14.4. The van der Waals surface area contributed by atoms with Crippen LogP contribution in [0.25, 0.3) is 0 Å². The number of nitrogens with two attached hydrogens (primary N) is 1. The van der Waals surface area contributed by atoms with Crippen LogP contribution in [0.4, 0.5) is 5.69 Å². The van der Waals surface area contributed by atoms with Gasteiger partial charge >= 0.3 is 0 Å². The van der Waals surface area contributed by atoms with Crippen molar-refractivity contribution in [3.8, 4) is 0 Å². The fraction of sp³-hybridized carbons (Fsp3) is 0.385. The number of nitrogen functional groups attached to an aromatic ring is 1. The van der Waals surface area contributed by atoms with Crippen LogP contribution < -0.4 is 5.73 Å². The van der Waals surface area contributed by atoms with E-state index >= 15 is 0 Å². The Morgan fingerprint density at radius 1 is 1.42 bits per heavy atom. The minimum absolute atomic E-state index is 0.564. The van der Waals surface area contributed by atoms with E-state index in [4.69, 9.17) is 5.73 Å². The van der Waals surface area contributed by atoms with E-state index in [1.54, 1.807) is 18.1 Å². The van der Waals surface area contributed by atoms with E-state index in [-0.39, 0.29) is 0 Å². The molecular weight excluding hydrogens is 324 g/mol. The zero-order chi connectivity index (χ0) is 13.8. The minimum Gasteiger partial charge on any atom is -0.399 e. The normalized spacial score (nSPS) is 11.2. The van der Waals surface area contributed by atoms with Gasteiger partial charge in [-0.25, -0.2) is 9.67 Å². The Balaban J connectivity index is 2.04. The molecule has 2 rings (SSSR count). The van der Waals surface area contributed by atoms with E-state index < -0.39 is 0 Å². The lowest BCUT2D eigenvalue weighted by atomic mass is 10.2. The molecule has 4 nitrogen and oxygen atoms in total. The van der Waals surface area contributed by atoms with Crippen LogP contribution >= 0.6 is 27.7 Å². The van der Waals surface area contributed by atoms with Gasteiger partial charge in [0.15, 0.2) is 0 Å². The van der Waals surface area contributed by atoms with Gasteiger partial charge in [0.2, 0.25) is 0 Å². The summed E-state index contributed by atoms with van der Waals surface area (Å²) in [4.78, 5) is 5.48. The third-order valence-corrected chi connectivity index (χ3v) is 4.53. The monoisotopic (exact) mass is 340 g/mol. The molecule has 1 aromatic carbocycles. The molecule has 0 bridgehead atoms. The first-order valence-electron chi connectivity index (χ1n) is 6.10. The van der Waals surface area contributed by atoms with Gasteiger partial charge in [0, 0.05) is 21.6 Å². The van der Waals surface area contributed by atoms with E-state index in [0.29, 0.717) is 5.92 Å². The van der Waals surface area contributed by atoms with Crippen molar-refractivity contribution in [3.05, 3.63) is 34.8 Å². The van der Waals surface area contributed by atoms with E-state index in [1.807, 2.05) is 22.9 Å². The number of thioether (sulfide) groups is 1. The molecule has 19 heavy (non-hydrogen) atoms. The van der Waals surface area contributed by atoms with Crippen molar-refractivity contribution in [3.63, 3.8) is 0 Å². The lowest BCUT2D eigenvalue weighted by molar-refractivity contribution is 0.472. The maximum Gasteiger partial charge on any atom is 0.138 e. The summed E-state index contributed by atoms with van der Waals surface area (Å²) >= 11 is 5.26. The second-order valence-electron chi connectivity index (χ2n) is 4.73. The van der Waals surface area contributed by atoms with Crippen molar-refractivity contribution >= 4 is 33.4 Å². The number of aromatic nitrogens is 3. The predicted molar refractivity (Wildman–Crippen MR) is 83.0 cm³/mol. The molecule has 2 aromatic rings. The molecular formula is C13H17BrN4S. The molecule has 1 heterocycles. The summed E-state index contributed by atoms with van der Waals surface area (Å²) in [6.07, 6.45) is 1.62. The fourth-order valence-electron chi connectivity index (χ4n) is 1.67. The molecule has 0 unspecified atom stereocenters. The molecule has 102 valence electrons. The Labute approximate surface area is 125 Å². The average Bonchev–Trinajstić information content (AvgIpc) is 2.74. The molecule has 0 atom stereocenters. The second-order valence-corrected chi connectivity index (χ2v) is 6.60. The van der Waals surface area contributed by atoms with Gasteiger partial charge < -0.3 is 5.73 Å². The molecule has 6 heteroatoms. The van der Waals surface area contributed by atoms with Gasteiger partial charge in [-0.05, 0) is 40.0 Å². The fourth-order valence-corrected chi connectivity index (χ4v) is 3.28. The maximum atomic E-state index is 5.73. The van der Waals surface area contributed by atoms with Crippen LogP contribution in [0.1, 0.15) is 19.7 Å². The minimum atomic E-state index is 0.564. The van der Waals surface area contributed by atoms with Gasteiger partial charge in [0.1, 0.15) is 12.2 Å². The second kappa shape index (κ2) is 6.43. The Morgan fingerprint density at radius 3 is 2.89 bits per heavy atom. The van der Waals surface area contributed by atoms with E-state index in [2.05, 4.69) is 39.9 Å². The Kier molecular flexibility index (Phi) is 4.87. The Hall–Kier alpha value is -1.01. The predicted octanol–water partition coefficient (Wildman–Crippen LogP) is 3.57. The third-order valence-electron chi connectivity index (χ3n) is 2.55. The van der Waals surface area contributed by atoms with Crippen LogP contribution in [0.2, 0.25) is 0 Å². The summed E-state index contributed by atoms with van der Waals surface area (Å²) in [6.45, 7) is 5.25. The number of benzene rings is 1. The molecule has 1 aromatic heterocycles. The largest absolute Gasteiger partial charge is 0.399 e. The van der Waals surface area contributed by atoms with Crippen LogP contribution in [0, 0.1) is 5.92 Å². The van der Waals surface area contributed by atoms with Gasteiger partial charge in [-0.15, -0.1) is 11.8 Å². The summed E-state index contributed by atoms with van der Waals surface area (Å²) in [7, 11) is 0. The summed E-state index contributed by atoms with van der Waals surface area (Å²) in [5.41, 5.74) is 6.49.